The van der Waals surface area contributed by atoms with Gasteiger partial charge in [0.15, 0.2) is 6.23 Å². The maximum absolute atomic E-state index is 10.9. The van der Waals surface area contributed by atoms with Crippen LogP contribution in [0.2, 0.25) is 0 Å². The number of ether oxygens (including phenoxy) is 2. The van der Waals surface area contributed by atoms with E-state index in [2.05, 4.69) is 4.98 Å². The van der Waals surface area contributed by atoms with Crippen LogP contribution >= 0.6 is 0 Å². The van der Waals surface area contributed by atoms with E-state index in [-0.39, 0.29) is 17.9 Å². The predicted molar refractivity (Wildman–Crippen MR) is 42.5 cm³/mol. The molecule has 0 bridgehead atoms. The van der Waals surface area contributed by atoms with Gasteiger partial charge in [0.2, 0.25) is 0 Å². The molecule has 0 amide bonds. The topological polar surface area (TPSA) is 53.4 Å². The Bertz CT molecular complexity index is 401. The molecule has 0 aromatic carbocycles. The van der Waals surface area contributed by atoms with Gasteiger partial charge in [-0.05, 0) is 0 Å². The van der Waals surface area contributed by atoms with E-state index in [0.717, 1.165) is 6.42 Å². The van der Waals surface area contributed by atoms with Crippen molar-refractivity contribution in [1.82, 2.24) is 9.55 Å². The van der Waals surface area contributed by atoms with Crippen molar-refractivity contribution in [3.05, 3.63) is 22.6 Å². The Hall–Kier alpha value is -1.36. The van der Waals surface area contributed by atoms with Crippen LogP contribution in [0.5, 0.6) is 6.01 Å². The Balaban J connectivity index is 2.12. The monoisotopic (exact) mass is 180 g/mol. The molecule has 1 aromatic heterocycles. The molecular weight excluding hydrogens is 172 g/mol. The van der Waals surface area contributed by atoms with Gasteiger partial charge in [-0.3, -0.25) is 9.36 Å². The van der Waals surface area contributed by atoms with Crippen LogP contribution in [0.3, 0.4) is 0 Å². The zero-order chi connectivity index (χ0) is 8.84. The summed E-state index contributed by atoms with van der Waals surface area (Å²) in [6.07, 6.45) is 2.49. The first kappa shape index (κ1) is 7.08. The first-order valence-electron chi connectivity index (χ1n) is 4.22. The highest BCUT2D eigenvalue weighted by atomic mass is 16.6. The van der Waals surface area contributed by atoms with Gasteiger partial charge in [0.25, 0.3) is 5.56 Å². The number of hydrogen-bond acceptors (Lipinski definition) is 4. The molecule has 2 aliphatic rings. The molecule has 3 heterocycles. The lowest BCUT2D eigenvalue weighted by molar-refractivity contribution is 0.0400. The van der Waals surface area contributed by atoms with Crippen LogP contribution in [0.4, 0.5) is 0 Å². The molecule has 0 spiro atoms. The van der Waals surface area contributed by atoms with Gasteiger partial charge in [-0.15, -0.1) is 0 Å². The first-order valence-corrected chi connectivity index (χ1v) is 4.22. The summed E-state index contributed by atoms with van der Waals surface area (Å²) in [7, 11) is 0. The molecular formula is C8H8N2O3. The second-order valence-electron chi connectivity index (χ2n) is 3.16. The molecule has 5 heteroatoms. The maximum Gasteiger partial charge on any atom is 0.302 e. The minimum absolute atomic E-state index is 0.0364. The number of fused-ring (bicyclic) bond motifs is 3. The highest BCUT2D eigenvalue weighted by Gasteiger charge is 2.39. The van der Waals surface area contributed by atoms with Crippen molar-refractivity contribution in [3.63, 3.8) is 0 Å². The molecule has 0 unspecified atom stereocenters. The molecule has 1 fully saturated rings. The minimum Gasteiger partial charge on any atom is -0.456 e. The second kappa shape index (κ2) is 2.32. The van der Waals surface area contributed by atoms with Crippen LogP contribution < -0.4 is 10.3 Å². The predicted octanol–water partition coefficient (Wildman–Crippen LogP) is -0.0768. The number of hydrogen-bond donors (Lipinski definition) is 0. The summed E-state index contributed by atoms with van der Waals surface area (Å²) in [4.78, 5) is 14.6. The van der Waals surface area contributed by atoms with Crippen molar-refractivity contribution in [2.75, 3.05) is 6.61 Å². The van der Waals surface area contributed by atoms with Crippen LogP contribution in [0.1, 0.15) is 12.6 Å². The van der Waals surface area contributed by atoms with Crippen molar-refractivity contribution < 1.29 is 9.47 Å². The second-order valence-corrected chi connectivity index (χ2v) is 3.16. The molecule has 13 heavy (non-hydrogen) atoms. The summed E-state index contributed by atoms with van der Waals surface area (Å²) in [6.45, 7) is 0.709. The lowest BCUT2D eigenvalue weighted by atomic mass is 10.3. The van der Waals surface area contributed by atoms with Crippen molar-refractivity contribution >= 4 is 0 Å². The van der Waals surface area contributed by atoms with Crippen LogP contribution in [0, 0.1) is 0 Å². The Morgan fingerprint density at radius 2 is 2.54 bits per heavy atom. The molecule has 0 N–H and O–H groups in total. The summed E-state index contributed by atoms with van der Waals surface area (Å²) in [5.41, 5.74) is -0.272. The van der Waals surface area contributed by atoms with E-state index < -0.39 is 0 Å². The highest BCUT2D eigenvalue weighted by molar-refractivity contribution is 5.07. The summed E-state index contributed by atoms with van der Waals surface area (Å²) in [5.74, 6) is 0. The number of rotatable bonds is 0. The Labute approximate surface area is 73.9 Å². The van der Waals surface area contributed by atoms with Gasteiger partial charge in [0.1, 0.15) is 6.10 Å². The molecule has 0 saturated carbocycles. The van der Waals surface area contributed by atoms with Crippen LogP contribution in [0.25, 0.3) is 0 Å². The summed E-state index contributed by atoms with van der Waals surface area (Å²) >= 11 is 0. The summed E-state index contributed by atoms with van der Waals surface area (Å²) in [6, 6.07) is 1.79. The number of aromatic nitrogens is 2. The van der Waals surface area contributed by atoms with E-state index in [4.69, 9.17) is 9.47 Å². The average Bonchev–Trinajstić information content (AvgIpc) is 2.62. The van der Waals surface area contributed by atoms with Gasteiger partial charge in [-0.25, -0.2) is 0 Å². The molecule has 0 radical (unpaired) electrons. The largest absolute Gasteiger partial charge is 0.456 e. The normalized spacial score (nSPS) is 29.5. The third-order valence-electron chi connectivity index (χ3n) is 2.34. The summed E-state index contributed by atoms with van der Waals surface area (Å²) in [5, 5.41) is 0. The number of nitrogens with zero attached hydrogens (tertiary/aromatic N) is 2. The third-order valence-corrected chi connectivity index (χ3v) is 2.34. The maximum atomic E-state index is 10.9. The zero-order valence-electron chi connectivity index (χ0n) is 6.84. The van der Waals surface area contributed by atoms with E-state index >= 15 is 0 Å². The van der Waals surface area contributed by atoms with E-state index in [0.29, 0.717) is 12.6 Å². The van der Waals surface area contributed by atoms with E-state index in [1.807, 2.05) is 0 Å². The van der Waals surface area contributed by atoms with E-state index in [1.165, 1.54) is 6.07 Å². The van der Waals surface area contributed by atoms with Crippen LogP contribution in [0.15, 0.2) is 17.1 Å². The molecule has 2 aliphatic heterocycles. The quantitative estimate of drug-likeness (QED) is 0.560. The Morgan fingerprint density at radius 1 is 1.62 bits per heavy atom. The zero-order valence-corrected chi connectivity index (χ0v) is 6.84. The van der Waals surface area contributed by atoms with Gasteiger partial charge in [-0.2, -0.15) is 4.98 Å². The van der Waals surface area contributed by atoms with Crippen LogP contribution in [-0.2, 0) is 4.74 Å². The van der Waals surface area contributed by atoms with E-state index in [1.54, 1.807) is 10.8 Å². The standard InChI is InChI=1S/C8H8N2O3/c11-6-1-3-10-7-5(2-4-12-7)13-8(10)9-6/h1,3,5,7H,2,4H2/t5-,7+/m0/s1. The van der Waals surface area contributed by atoms with Crippen molar-refractivity contribution in [1.29, 1.82) is 0 Å². The molecule has 2 atom stereocenters. The van der Waals surface area contributed by atoms with Gasteiger partial charge >= 0.3 is 6.01 Å². The minimum atomic E-state index is -0.272. The van der Waals surface area contributed by atoms with Crippen molar-refractivity contribution in [3.8, 4) is 6.01 Å². The summed E-state index contributed by atoms with van der Waals surface area (Å²) < 4.78 is 12.6. The van der Waals surface area contributed by atoms with Gasteiger partial charge in [0.05, 0.1) is 6.61 Å². The van der Waals surface area contributed by atoms with Crippen molar-refractivity contribution in [2.45, 2.75) is 18.8 Å². The lowest BCUT2D eigenvalue weighted by Gasteiger charge is -2.07. The molecule has 3 rings (SSSR count). The average molecular weight is 180 g/mol. The van der Waals surface area contributed by atoms with Crippen LogP contribution in [-0.4, -0.2) is 22.3 Å². The fraction of sp³-hybridized carbons (Fsp3) is 0.500. The lowest BCUT2D eigenvalue weighted by Crippen LogP contribution is -2.14. The first-order chi connectivity index (χ1) is 6.34. The van der Waals surface area contributed by atoms with Gasteiger partial charge in [0, 0.05) is 18.7 Å². The fourth-order valence-electron chi connectivity index (χ4n) is 1.74. The molecule has 1 saturated heterocycles. The molecule has 0 aliphatic carbocycles. The third kappa shape index (κ3) is 0.904. The van der Waals surface area contributed by atoms with Gasteiger partial charge in [-0.1, -0.05) is 0 Å². The Kier molecular flexibility index (Phi) is 1.26. The highest BCUT2D eigenvalue weighted by Crippen LogP contribution is 2.34. The van der Waals surface area contributed by atoms with Crippen molar-refractivity contribution in [2.24, 2.45) is 0 Å². The van der Waals surface area contributed by atoms with E-state index in [9.17, 15) is 4.79 Å². The smallest absolute Gasteiger partial charge is 0.302 e. The van der Waals surface area contributed by atoms with Gasteiger partial charge < -0.3 is 9.47 Å². The Morgan fingerprint density at radius 3 is 3.46 bits per heavy atom. The molecule has 68 valence electrons. The fourth-order valence-corrected chi connectivity index (χ4v) is 1.74. The molecule has 1 aromatic rings. The molecule has 5 nitrogen and oxygen atoms in total. The SMILES string of the molecule is O=c1ccn2c(n1)O[C@H]1CCO[C@H]12.